The number of amidine groups is 1. The van der Waals surface area contributed by atoms with Gasteiger partial charge in [0.1, 0.15) is 18.5 Å². The van der Waals surface area contributed by atoms with Gasteiger partial charge in [-0.15, -0.1) is 11.3 Å². The molecule has 0 spiro atoms. The minimum Gasteiger partial charge on any atom is -0.467 e. The number of rotatable bonds is 9. The van der Waals surface area contributed by atoms with E-state index in [0.717, 1.165) is 31.5 Å². The van der Waals surface area contributed by atoms with Gasteiger partial charge >= 0.3 is 18.6 Å². The maximum absolute atomic E-state index is 13.9. The molecule has 2 aliphatic rings. The maximum Gasteiger partial charge on any atom is 0.408 e. The zero-order valence-corrected chi connectivity index (χ0v) is 21.1. The summed E-state index contributed by atoms with van der Waals surface area (Å²) in [7, 11) is 1.14. The number of cyclic esters (lactones) is 1. The van der Waals surface area contributed by atoms with E-state index in [1.807, 2.05) is 0 Å². The quantitative estimate of drug-likeness (QED) is 0.206. The predicted molar refractivity (Wildman–Crippen MR) is 133 cm³/mol. The van der Waals surface area contributed by atoms with Crippen molar-refractivity contribution in [3.8, 4) is 0 Å². The number of aromatic nitrogens is 1. The maximum atomic E-state index is 13.9. The summed E-state index contributed by atoms with van der Waals surface area (Å²) in [5, 5.41) is 18.2. The van der Waals surface area contributed by atoms with Gasteiger partial charge in [-0.3, -0.25) is 4.99 Å². The van der Waals surface area contributed by atoms with Gasteiger partial charge in [0.15, 0.2) is 16.4 Å². The third-order valence-corrected chi connectivity index (χ3v) is 6.73. The van der Waals surface area contributed by atoms with E-state index < -0.39 is 36.0 Å². The highest BCUT2D eigenvalue weighted by atomic mass is 35.5. The van der Waals surface area contributed by atoms with E-state index in [-0.39, 0.29) is 40.9 Å². The van der Waals surface area contributed by atoms with E-state index >= 15 is 0 Å². The normalized spacial score (nSPS) is 21.2. The Labute approximate surface area is 223 Å². The number of thiazole rings is 1. The topological polar surface area (TPSA) is 138 Å². The van der Waals surface area contributed by atoms with E-state index in [2.05, 4.69) is 20.6 Å². The van der Waals surface area contributed by atoms with Crippen molar-refractivity contribution in [3.63, 3.8) is 0 Å². The van der Waals surface area contributed by atoms with Gasteiger partial charge in [0.05, 0.1) is 12.8 Å². The highest BCUT2D eigenvalue weighted by Crippen LogP contribution is 2.39. The Hall–Kier alpha value is -3.91. The first-order chi connectivity index (χ1) is 18.1. The highest BCUT2D eigenvalue weighted by molar-refractivity contribution is 7.11. The Morgan fingerprint density at radius 1 is 1.47 bits per heavy atom. The number of allylic oxidation sites excluding steroid dienone is 1. The van der Waals surface area contributed by atoms with E-state index in [0.29, 0.717) is 10.6 Å². The molecule has 38 heavy (non-hydrogen) atoms. The standard InChI is InChI=1S/C23H20ClF3N6O4S/c1-36-20(34)23(10-37-22(35)33-23)9-15-16(14(28)4-5-30-21(26)27)17(12-3-2-11(25)8-13(12)24)32-18(31-15)19-29-6-7-38-19/h2-8,17,21,28,30H,9-10H2,1H3,(H,31,32)(H,33,35)/b5-4-,28-14?/t17-,23+/m0/s1. The van der Waals surface area contributed by atoms with Crippen LogP contribution < -0.4 is 16.0 Å². The summed E-state index contributed by atoms with van der Waals surface area (Å²) in [5.41, 5.74) is -1.32. The second-order valence-electron chi connectivity index (χ2n) is 8.07. The second kappa shape index (κ2) is 11.2. The molecule has 3 heterocycles. The molecule has 2 aliphatic heterocycles. The van der Waals surface area contributed by atoms with Crippen LogP contribution in [0.2, 0.25) is 5.02 Å². The fourth-order valence-electron chi connectivity index (χ4n) is 3.97. The lowest BCUT2D eigenvalue weighted by atomic mass is 9.86. The summed E-state index contributed by atoms with van der Waals surface area (Å²) < 4.78 is 49.2. The lowest BCUT2D eigenvalue weighted by molar-refractivity contribution is -0.148. The molecule has 0 bridgehead atoms. The Morgan fingerprint density at radius 3 is 2.87 bits per heavy atom. The SMILES string of the molecule is COC(=O)[C@@]1(CC2=C(C(=N)/C=C\NC(F)F)[C@H](c3ccc(F)cc3Cl)N=C(c3nccs3)N2)COC(=O)N1. The first-order valence-corrected chi connectivity index (χ1v) is 12.1. The number of hydrogen-bond donors (Lipinski definition) is 4. The predicted octanol–water partition coefficient (Wildman–Crippen LogP) is 3.67. The molecular weight excluding hydrogens is 549 g/mol. The van der Waals surface area contributed by atoms with E-state index in [1.165, 1.54) is 17.4 Å². The van der Waals surface area contributed by atoms with E-state index in [4.69, 9.17) is 26.5 Å². The number of benzene rings is 1. The third-order valence-electron chi connectivity index (χ3n) is 5.63. The fourth-order valence-corrected chi connectivity index (χ4v) is 4.83. The molecule has 15 heteroatoms. The van der Waals surface area contributed by atoms with Gasteiger partial charge in [0, 0.05) is 46.1 Å². The van der Waals surface area contributed by atoms with Gasteiger partial charge in [0.2, 0.25) is 0 Å². The highest BCUT2D eigenvalue weighted by Gasteiger charge is 2.49. The number of alkyl carbamates (subject to hydrolysis) is 1. The van der Waals surface area contributed by atoms with Crippen LogP contribution in [-0.4, -0.2) is 54.4 Å². The number of methoxy groups -OCH3 is 1. The van der Waals surface area contributed by atoms with Crippen LogP contribution in [0, 0.1) is 11.2 Å². The van der Waals surface area contributed by atoms with Crippen molar-refractivity contribution in [1.29, 1.82) is 5.41 Å². The van der Waals surface area contributed by atoms with Gasteiger partial charge in [-0.05, 0) is 18.2 Å². The first kappa shape index (κ1) is 27.1. The summed E-state index contributed by atoms with van der Waals surface area (Å²) in [5.74, 6) is -1.17. The first-order valence-electron chi connectivity index (χ1n) is 10.9. The van der Waals surface area contributed by atoms with Crippen LogP contribution in [0.1, 0.15) is 23.0 Å². The summed E-state index contributed by atoms with van der Waals surface area (Å²) >= 11 is 7.62. The van der Waals surface area contributed by atoms with E-state index in [9.17, 15) is 22.8 Å². The molecule has 0 saturated carbocycles. The van der Waals surface area contributed by atoms with Gasteiger partial charge in [-0.25, -0.2) is 19.0 Å². The van der Waals surface area contributed by atoms with Crippen molar-refractivity contribution >= 4 is 46.5 Å². The largest absolute Gasteiger partial charge is 0.467 e. The molecule has 4 rings (SSSR count). The molecular formula is C23H20ClF3N6O4S. The van der Waals surface area contributed by atoms with E-state index in [1.54, 1.807) is 16.9 Å². The van der Waals surface area contributed by atoms with Gasteiger partial charge < -0.3 is 30.8 Å². The Kier molecular flexibility index (Phi) is 8.02. The number of alkyl halides is 2. The summed E-state index contributed by atoms with van der Waals surface area (Å²) in [4.78, 5) is 33.7. The summed E-state index contributed by atoms with van der Waals surface area (Å²) in [6, 6.07) is 2.58. The number of carbonyl (C=O) groups excluding carboxylic acids is 2. The van der Waals surface area contributed by atoms with Crippen LogP contribution in [0.5, 0.6) is 0 Å². The average Bonchev–Trinajstić information content (AvgIpc) is 3.53. The van der Waals surface area contributed by atoms with Crippen LogP contribution >= 0.6 is 22.9 Å². The zero-order valence-electron chi connectivity index (χ0n) is 19.6. The summed E-state index contributed by atoms with van der Waals surface area (Å²) in [6.45, 7) is -3.25. The van der Waals surface area contributed by atoms with Crippen molar-refractivity contribution in [3.05, 3.63) is 74.7 Å². The van der Waals surface area contributed by atoms with Crippen molar-refractivity contribution in [2.24, 2.45) is 4.99 Å². The van der Waals surface area contributed by atoms with Crippen LogP contribution in [0.4, 0.5) is 18.0 Å². The Morgan fingerprint density at radius 2 is 2.26 bits per heavy atom. The van der Waals surface area contributed by atoms with Crippen LogP contribution in [-0.2, 0) is 14.3 Å². The molecule has 0 radical (unpaired) electrons. The second-order valence-corrected chi connectivity index (χ2v) is 9.37. The molecule has 0 aliphatic carbocycles. The van der Waals surface area contributed by atoms with Gasteiger partial charge in [0.25, 0.3) is 0 Å². The molecule has 1 amide bonds. The van der Waals surface area contributed by atoms with Crippen LogP contribution in [0.3, 0.4) is 0 Å². The van der Waals surface area contributed by atoms with Crippen molar-refractivity contribution in [2.75, 3.05) is 13.7 Å². The number of hydrogen-bond acceptors (Lipinski definition) is 10. The molecule has 0 unspecified atom stereocenters. The molecule has 4 N–H and O–H groups in total. The third kappa shape index (κ3) is 5.65. The lowest BCUT2D eigenvalue weighted by Gasteiger charge is -2.32. The molecule has 2 atom stereocenters. The number of ether oxygens (including phenoxy) is 2. The number of aliphatic imine (C=N–C) groups is 1. The summed E-state index contributed by atoms with van der Waals surface area (Å²) in [6.07, 6.45) is 2.39. The molecule has 1 saturated heterocycles. The van der Waals surface area contributed by atoms with Crippen LogP contribution in [0.25, 0.3) is 0 Å². The molecule has 10 nitrogen and oxygen atoms in total. The smallest absolute Gasteiger partial charge is 0.408 e. The van der Waals surface area contributed by atoms with Crippen molar-refractivity contribution in [1.82, 2.24) is 20.9 Å². The molecule has 200 valence electrons. The monoisotopic (exact) mass is 568 g/mol. The average molecular weight is 569 g/mol. The Bertz CT molecular complexity index is 1350. The fraction of sp³-hybridized carbons (Fsp3) is 0.261. The minimum absolute atomic E-state index is 0.00124. The number of esters is 1. The van der Waals surface area contributed by atoms with Gasteiger partial charge in [-0.1, -0.05) is 17.7 Å². The molecule has 1 aromatic carbocycles. The molecule has 2 aromatic rings. The van der Waals surface area contributed by atoms with Crippen molar-refractivity contribution < 1.29 is 32.2 Å². The zero-order chi connectivity index (χ0) is 27.4. The number of nitrogens with one attached hydrogen (secondary N) is 4. The number of carbonyl (C=O) groups is 2. The molecule has 1 aromatic heterocycles. The van der Waals surface area contributed by atoms with Gasteiger partial charge in [-0.2, -0.15) is 8.78 Å². The molecule has 1 fully saturated rings. The number of halogens is 4. The van der Waals surface area contributed by atoms with Crippen LogP contribution in [0.15, 0.2) is 58.3 Å². The number of nitrogens with zero attached hydrogens (tertiary/aromatic N) is 2. The Balaban J connectivity index is 1.90. The van der Waals surface area contributed by atoms with Crippen molar-refractivity contribution in [2.45, 2.75) is 24.6 Å². The lowest BCUT2D eigenvalue weighted by Crippen LogP contribution is -2.53. The number of amides is 1. The minimum atomic E-state index is -2.87.